The Labute approximate surface area is 119 Å². The molecule has 0 amide bonds. The van der Waals surface area contributed by atoms with Crippen molar-refractivity contribution in [2.75, 3.05) is 30.4 Å². The van der Waals surface area contributed by atoms with Crippen LogP contribution in [-0.2, 0) is 0 Å². The molecule has 7 nitrogen and oxygen atoms in total. The predicted octanol–water partition coefficient (Wildman–Crippen LogP) is 2.75. The number of hydrogen-bond donors (Lipinski definition) is 1. The minimum Gasteiger partial charge on any atom is -0.354 e. The SMILES string of the molecule is CCCCCN(C)c1nc(NCC)nc(C)c1[N+](=O)[O-]. The molecule has 0 aliphatic heterocycles. The first-order valence-electron chi connectivity index (χ1n) is 6.99. The number of hydrogen-bond acceptors (Lipinski definition) is 6. The van der Waals surface area contributed by atoms with Gasteiger partial charge in [0, 0.05) is 20.1 Å². The van der Waals surface area contributed by atoms with Gasteiger partial charge in [-0.05, 0) is 20.3 Å². The molecule has 1 aromatic rings. The molecule has 0 aliphatic carbocycles. The molecule has 0 saturated carbocycles. The summed E-state index contributed by atoms with van der Waals surface area (Å²) >= 11 is 0. The van der Waals surface area contributed by atoms with Gasteiger partial charge in [0.05, 0.1) is 4.92 Å². The fourth-order valence-corrected chi connectivity index (χ4v) is 1.97. The monoisotopic (exact) mass is 281 g/mol. The van der Waals surface area contributed by atoms with Crippen molar-refractivity contribution < 1.29 is 4.92 Å². The van der Waals surface area contributed by atoms with E-state index in [9.17, 15) is 10.1 Å². The zero-order valence-electron chi connectivity index (χ0n) is 12.6. The number of unbranched alkanes of at least 4 members (excludes halogenated alkanes) is 2. The number of aromatic nitrogens is 2. The maximum atomic E-state index is 11.2. The summed E-state index contributed by atoms with van der Waals surface area (Å²) in [6, 6.07) is 0. The molecule has 1 N–H and O–H groups in total. The smallest absolute Gasteiger partial charge is 0.332 e. The van der Waals surface area contributed by atoms with Gasteiger partial charge in [0.2, 0.25) is 11.8 Å². The molecular weight excluding hydrogens is 258 g/mol. The Bertz CT molecular complexity index is 464. The molecule has 0 atom stereocenters. The summed E-state index contributed by atoms with van der Waals surface area (Å²) < 4.78 is 0. The van der Waals surface area contributed by atoms with Gasteiger partial charge in [-0.1, -0.05) is 19.8 Å². The molecule has 0 aromatic carbocycles. The highest BCUT2D eigenvalue weighted by Gasteiger charge is 2.24. The van der Waals surface area contributed by atoms with Crippen LogP contribution in [0.4, 0.5) is 17.5 Å². The standard InChI is InChI=1S/C13H23N5O2/c1-5-7-8-9-17(4)12-11(18(19)20)10(3)15-13(16-12)14-6-2/h5-9H2,1-4H3,(H,14,15,16). The van der Waals surface area contributed by atoms with Crippen LogP contribution in [0.15, 0.2) is 0 Å². The zero-order valence-corrected chi connectivity index (χ0v) is 12.6. The number of nitro groups is 1. The van der Waals surface area contributed by atoms with Crippen LogP contribution in [0.1, 0.15) is 38.8 Å². The van der Waals surface area contributed by atoms with E-state index in [4.69, 9.17) is 0 Å². The average Bonchev–Trinajstić information content (AvgIpc) is 2.38. The van der Waals surface area contributed by atoms with Crippen LogP contribution in [0.2, 0.25) is 0 Å². The molecule has 7 heteroatoms. The van der Waals surface area contributed by atoms with Crippen LogP contribution in [0.25, 0.3) is 0 Å². The Morgan fingerprint density at radius 3 is 2.55 bits per heavy atom. The topological polar surface area (TPSA) is 84.2 Å². The third-order valence-electron chi connectivity index (χ3n) is 3.02. The number of nitrogens with zero attached hydrogens (tertiary/aromatic N) is 4. The van der Waals surface area contributed by atoms with Crippen LogP contribution < -0.4 is 10.2 Å². The highest BCUT2D eigenvalue weighted by atomic mass is 16.6. The molecule has 0 unspecified atom stereocenters. The highest BCUT2D eigenvalue weighted by Crippen LogP contribution is 2.29. The quantitative estimate of drug-likeness (QED) is 0.448. The fraction of sp³-hybridized carbons (Fsp3) is 0.692. The summed E-state index contributed by atoms with van der Waals surface area (Å²) in [7, 11) is 1.83. The molecule has 0 aliphatic rings. The Morgan fingerprint density at radius 1 is 1.30 bits per heavy atom. The number of anilines is 2. The minimum atomic E-state index is -0.406. The molecule has 0 fully saturated rings. The van der Waals surface area contributed by atoms with Gasteiger partial charge in [-0.3, -0.25) is 10.1 Å². The van der Waals surface area contributed by atoms with Crippen molar-refractivity contribution in [2.45, 2.75) is 40.0 Å². The summed E-state index contributed by atoms with van der Waals surface area (Å²) in [5.74, 6) is 0.822. The molecule has 1 heterocycles. The summed E-state index contributed by atoms with van der Waals surface area (Å²) in [5, 5.41) is 14.2. The Morgan fingerprint density at radius 2 is 2.00 bits per heavy atom. The second-order valence-electron chi connectivity index (χ2n) is 4.72. The highest BCUT2D eigenvalue weighted by molar-refractivity contribution is 5.62. The zero-order chi connectivity index (χ0) is 15.1. The Kier molecular flexibility index (Phi) is 6.14. The average molecular weight is 281 g/mol. The molecule has 0 spiro atoms. The van der Waals surface area contributed by atoms with E-state index in [1.165, 1.54) is 0 Å². The van der Waals surface area contributed by atoms with Gasteiger partial charge in [0.15, 0.2) is 0 Å². The summed E-state index contributed by atoms with van der Waals surface area (Å²) in [5.41, 5.74) is 0.379. The Balaban J connectivity index is 3.08. The van der Waals surface area contributed by atoms with Crippen LogP contribution in [-0.4, -0.2) is 35.0 Å². The molecule has 0 saturated heterocycles. The maximum Gasteiger partial charge on any atom is 0.332 e. The van der Waals surface area contributed by atoms with Crippen molar-refractivity contribution >= 4 is 17.5 Å². The first kappa shape index (κ1) is 16.1. The molecule has 0 radical (unpaired) electrons. The maximum absolute atomic E-state index is 11.2. The van der Waals surface area contributed by atoms with E-state index < -0.39 is 4.92 Å². The predicted molar refractivity (Wildman–Crippen MR) is 80.4 cm³/mol. The van der Waals surface area contributed by atoms with E-state index in [1.54, 1.807) is 6.92 Å². The lowest BCUT2D eigenvalue weighted by Gasteiger charge is -2.19. The minimum absolute atomic E-state index is 0.00866. The largest absolute Gasteiger partial charge is 0.354 e. The van der Waals surface area contributed by atoms with Crippen molar-refractivity contribution in [3.8, 4) is 0 Å². The van der Waals surface area contributed by atoms with Crippen LogP contribution in [0.3, 0.4) is 0 Å². The summed E-state index contributed by atoms with van der Waals surface area (Å²) in [6.45, 7) is 7.13. The second kappa shape index (κ2) is 7.62. The van der Waals surface area contributed by atoms with E-state index in [1.807, 2.05) is 18.9 Å². The van der Waals surface area contributed by atoms with Crippen LogP contribution in [0.5, 0.6) is 0 Å². The van der Waals surface area contributed by atoms with Gasteiger partial charge >= 0.3 is 5.69 Å². The van der Waals surface area contributed by atoms with Gasteiger partial charge in [-0.15, -0.1) is 0 Å². The molecule has 1 aromatic heterocycles. The summed E-state index contributed by atoms with van der Waals surface area (Å²) in [6.07, 6.45) is 3.20. The second-order valence-corrected chi connectivity index (χ2v) is 4.72. The first-order chi connectivity index (χ1) is 9.51. The third-order valence-corrected chi connectivity index (χ3v) is 3.02. The molecule has 0 bridgehead atoms. The van der Waals surface area contributed by atoms with Gasteiger partial charge in [-0.2, -0.15) is 4.98 Å². The van der Waals surface area contributed by atoms with E-state index in [-0.39, 0.29) is 5.69 Å². The fourth-order valence-electron chi connectivity index (χ4n) is 1.97. The van der Waals surface area contributed by atoms with Gasteiger partial charge in [0.1, 0.15) is 5.69 Å². The number of rotatable bonds is 8. The van der Waals surface area contributed by atoms with E-state index in [2.05, 4.69) is 22.2 Å². The molecule has 112 valence electrons. The van der Waals surface area contributed by atoms with Crippen molar-refractivity contribution in [2.24, 2.45) is 0 Å². The summed E-state index contributed by atoms with van der Waals surface area (Å²) in [4.78, 5) is 21.1. The van der Waals surface area contributed by atoms with E-state index >= 15 is 0 Å². The van der Waals surface area contributed by atoms with Gasteiger partial charge in [0.25, 0.3) is 0 Å². The van der Waals surface area contributed by atoms with Crippen molar-refractivity contribution in [1.82, 2.24) is 9.97 Å². The van der Waals surface area contributed by atoms with Crippen molar-refractivity contribution in [3.05, 3.63) is 15.8 Å². The van der Waals surface area contributed by atoms with E-state index in [0.717, 1.165) is 25.8 Å². The molecule has 1 rings (SSSR count). The normalized spacial score (nSPS) is 10.4. The van der Waals surface area contributed by atoms with Crippen molar-refractivity contribution in [1.29, 1.82) is 0 Å². The van der Waals surface area contributed by atoms with Crippen molar-refractivity contribution in [3.63, 3.8) is 0 Å². The Hall–Kier alpha value is -1.92. The number of aryl methyl sites for hydroxylation is 1. The van der Waals surface area contributed by atoms with Gasteiger partial charge in [-0.25, -0.2) is 4.98 Å². The lowest BCUT2D eigenvalue weighted by molar-refractivity contribution is -0.385. The van der Waals surface area contributed by atoms with Crippen LogP contribution in [0, 0.1) is 17.0 Å². The lowest BCUT2D eigenvalue weighted by atomic mass is 10.2. The van der Waals surface area contributed by atoms with Gasteiger partial charge < -0.3 is 10.2 Å². The first-order valence-corrected chi connectivity index (χ1v) is 6.99. The lowest BCUT2D eigenvalue weighted by Crippen LogP contribution is -2.22. The third kappa shape index (κ3) is 4.04. The number of nitrogens with one attached hydrogen (secondary N) is 1. The van der Waals surface area contributed by atoms with Crippen LogP contribution >= 0.6 is 0 Å². The molecule has 20 heavy (non-hydrogen) atoms. The van der Waals surface area contributed by atoms with E-state index in [0.29, 0.717) is 24.0 Å². The molecular formula is C13H23N5O2.